The van der Waals surface area contributed by atoms with Crippen LogP contribution in [0, 0.1) is 6.92 Å². The minimum atomic E-state index is -0.522. The summed E-state index contributed by atoms with van der Waals surface area (Å²) in [6, 6.07) is 14.3. The summed E-state index contributed by atoms with van der Waals surface area (Å²) in [5, 5.41) is 0.749. The van der Waals surface area contributed by atoms with E-state index in [0.29, 0.717) is 21.8 Å². The van der Waals surface area contributed by atoms with Gasteiger partial charge in [-0.2, -0.15) is 0 Å². The van der Waals surface area contributed by atoms with E-state index >= 15 is 0 Å². The summed E-state index contributed by atoms with van der Waals surface area (Å²) >= 11 is 1.06. The molecule has 8 heteroatoms. The lowest BCUT2D eigenvalue weighted by atomic mass is 10.1. The molecule has 0 aliphatic carbocycles. The molecule has 3 aromatic rings. The number of nitrogens with zero attached hydrogens (tertiary/aromatic N) is 2. The molecule has 30 heavy (non-hydrogen) atoms. The standard InChI is InChI=1S/C22H17N3O4S/c1-13-7-8-18-16(9-13)20(27)14(11-29-18)10-17-21(28)25(15-5-3-2-4-6-15)22(24-17)30-12-19(23)26/h2-11H,12H2,1H3,(H2,23,26)/b17-10-. The lowest BCUT2D eigenvalue weighted by Gasteiger charge is -2.17. The number of anilines is 1. The first-order valence-electron chi connectivity index (χ1n) is 9.07. The fourth-order valence-corrected chi connectivity index (χ4v) is 3.79. The van der Waals surface area contributed by atoms with Crippen LogP contribution >= 0.6 is 11.8 Å². The molecule has 2 heterocycles. The third-order valence-electron chi connectivity index (χ3n) is 4.43. The predicted molar refractivity (Wildman–Crippen MR) is 118 cm³/mol. The van der Waals surface area contributed by atoms with Gasteiger partial charge in [0.25, 0.3) is 5.91 Å². The molecule has 0 spiro atoms. The van der Waals surface area contributed by atoms with Crippen molar-refractivity contribution in [2.75, 3.05) is 10.7 Å². The summed E-state index contributed by atoms with van der Waals surface area (Å²) < 4.78 is 5.56. The summed E-state index contributed by atoms with van der Waals surface area (Å²) in [5.41, 5.74) is 7.28. The van der Waals surface area contributed by atoms with Gasteiger partial charge in [0.1, 0.15) is 17.5 Å². The van der Waals surface area contributed by atoms with E-state index in [9.17, 15) is 14.4 Å². The highest BCUT2D eigenvalue weighted by atomic mass is 32.2. The van der Waals surface area contributed by atoms with Crippen molar-refractivity contribution in [1.82, 2.24) is 0 Å². The first-order chi connectivity index (χ1) is 14.4. The molecule has 0 saturated heterocycles. The molecule has 4 rings (SSSR count). The van der Waals surface area contributed by atoms with Gasteiger partial charge >= 0.3 is 0 Å². The zero-order valence-electron chi connectivity index (χ0n) is 16.0. The SMILES string of the molecule is Cc1ccc2occ(/C=C3\N=C(SCC(N)=O)N(c4ccccc4)C3=O)c(=O)c2c1. The number of amidine groups is 1. The molecule has 1 aromatic heterocycles. The van der Waals surface area contributed by atoms with Crippen LogP contribution in [0.5, 0.6) is 0 Å². The number of nitrogens with two attached hydrogens (primary N) is 1. The molecule has 7 nitrogen and oxygen atoms in total. The summed E-state index contributed by atoms with van der Waals surface area (Å²) in [6.07, 6.45) is 2.72. The van der Waals surface area contributed by atoms with Crippen molar-refractivity contribution >= 4 is 51.5 Å². The normalized spacial score (nSPS) is 15.1. The zero-order chi connectivity index (χ0) is 21.3. The Bertz CT molecular complexity index is 1280. The van der Waals surface area contributed by atoms with Crippen LogP contribution < -0.4 is 16.1 Å². The molecular formula is C22H17N3O4S. The van der Waals surface area contributed by atoms with Crippen LogP contribution in [0.3, 0.4) is 0 Å². The third kappa shape index (κ3) is 3.77. The average Bonchev–Trinajstić information content (AvgIpc) is 3.04. The van der Waals surface area contributed by atoms with E-state index in [2.05, 4.69) is 4.99 Å². The van der Waals surface area contributed by atoms with Gasteiger partial charge in [-0.3, -0.25) is 19.3 Å². The molecule has 0 saturated carbocycles. The highest BCUT2D eigenvalue weighted by Gasteiger charge is 2.32. The molecule has 2 N–H and O–H groups in total. The number of primary amides is 1. The molecule has 2 amide bonds. The lowest BCUT2D eigenvalue weighted by Crippen LogP contribution is -2.31. The first-order valence-corrected chi connectivity index (χ1v) is 10.1. The number of aryl methyl sites for hydroxylation is 1. The van der Waals surface area contributed by atoms with E-state index in [1.54, 1.807) is 36.4 Å². The van der Waals surface area contributed by atoms with E-state index in [0.717, 1.165) is 17.3 Å². The maximum atomic E-state index is 13.1. The summed E-state index contributed by atoms with van der Waals surface area (Å²) in [7, 11) is 0. The first kappa shape index (κ1) is 19.7. The quantitative estimate of drug-likeness (QED) is 0.654. The number of hydrogen-bond acceptors (Lipinski definition) is 6. The Morgan fingerprint density at radius 3 is 2.70 bits per heavy atom. The van der Waals surface area contributed by atoms with Gasteiger partial charge in [-0.1, -0.05) is 41.6 Å². The molecule has 0 radical (unpaired) electrons. The topological polar surface area (TPSA) is 106 Å². The Kier molecular flexibility index (Phi) is 5.24. The third-order valence-corrected chi connectivity index (χ3v) is 5.40. The smallest absolute Gasteiger partial charge is 0.283 e. The zero-order valence-corrected chi connectivity index (χ0v) is 16.8. The maximum absolute atomic E-state index is 13.1. The number of carbonyl (C=O) groups is 2. The predicted octanol–water partition coefficient (Wildman–Crippen LogP) is 3.06. The van der Waals surface area contributed by atoms with Gasteiger partial charge in [-0.05, 0) is 37.3 Å². The highest BCUT2D eigenvalue weighted by Crippen LogP contribution is 2.29. The van der Waals surface area contributed by atoms with Crippen molar-refractivity contribution in [1.29, 1.82) is 0 Å². The van der Waals surface area contributed by atoms with Crippen molar-refractivity contribution in [2.24, 2.45) is 10.7 Å². The highest BCUT2D eigenvalue weighted by molar-refractivity contribution is 8.14. The number of thioether (sulfide) groups is 1. The monoisotopic (exact) mass is 419 g/mol. The Balaban J connectivity index is 1.78. The van der Waals surface area contributed by atoms with Crippen LogP contribution in [0.1, 0.15) is 11.1 Å². The number of aliphatic imine (C=N–C) groups is 1. The van der Waals surface area contributed by atoms with E-state index in [1.165, 1.54) is 17.2 Å². The number of amides is 2. The van der Waals surface area contributed by atoms with Crippen molar-refractivity contribution in [2.45, 2.75) is 6.92 Å². The minimum Gasteiger partial charge on any atom is -0.463 e. The number of carbonyl (C=O) groups excluding carboxylic acids is 2. The molecular weight excluding hydrogens is 402 g/mol. The molecule has 1 aliphatic heterocycles. The molecule has 0 fully saturated rings. The average molecular weight is 419 g/mol. The van der Waals surface area contributed by atoms with Gasteiger partial charge < -0.3 is 10.2 Å². The molecule has 0 bridgehead atoms. The maximum Gasteiger partial charge on any atom is 0.283 e. The van der Waals surface area contributed by atoms with E-state index in [4.69, 9.17) is 10.2 Å². The summed E-state index contributed by atoms with van der Waals surface area (Å²) in [6.45, 7) is 1.88. The summed E-state index contributed by atoms with van der Waals surface area (Å²) in [5.74, 6) is -0.955. The van der Waals surface area contributed by atoms with Crippen molar-refractivity contribution in [3.8, 4) is 0 Å². The lowest BCUT2D eigenvalue weighted by molar-refractivity contribution is -0.115. The Morgan fingerprint density at radius 1 is 1.20 bits per heavy atom. The van der Waals surface area contributed by atoms with E-state index < -0.39 is 11.8 Å². The van der Waals surface area contributed by atoms with Gasteiger partial charge in [0.15, 0.2) is 10.6 Å². The molecule has 2 aromatic carbocycles. The number of rotatable bonds is 4. The fraction of sp³-hybridized carbons (Fsp3) is 0.0909. The van der Waals surface area contributed by atoms with Gasteiger partial charge in [0.2, 0.25) is 5.91 Å². The Morgan fingerprint density at radius 2 is 1.97 bits per heavy atom. The van der Waals surface area contributed by atoms with Crippen molar-refractivity contribution < 1.29 is 14.0 Å². The summed E-state index contributed by atoms with van der Waals surface area (Å²) in [4.78, 5) is 42.9. The number of para-hydroxylation sites is 1. The second-order valence-corrected chi connectivity index (χ2v) is 7.62. The Hall–Kier alpha value is -3.65. The van der Waals surface area contributed by atoms with Crippen molar-refractivity contribution in [3.63, 3.8) is 0 Å². The second-order valence-electron chi connectivity index (χ2n) is 6.67. The van der Waals surface area contributed by atoms with Crippen LogP contribution in [0.2, 0.25) is 0 Å². The van der Waals surface area contributed by atoms with Gasteiger partial charge in [0, 0.05) is 0 Å². The van der Waals surface area contributed by atoms with Crippen molar-refractivity contribution in [3.05, 3.63) is 81.8 Å². The minimum absolute atomic E-state index is 0.0277. The molecule has 1 aliphatic rings. The number of fused-ring (bicyclic) bond motifs is 1. The van der Waals surface area contributed by atoms with Crippen LogP contribution in [-0.4, -0.2) is 22.7 Å². The Labute approximate surface area is 175 Å². The van der Waals surface area contributed by atoms with Crippen LogP contribution in [0.15, 0.2) is 74.7 Å². The van der Waals surface area contributed by atoms with E-state index in [1.807, 2.05) is 19.1 Å². The fourth-order valence-electron chi connectivity index (χ4n) is 3.04. The largest absolute Gasteiger partial charge is 0.463 e. The van der Waals surface area contributed by atoms with Gasteiger partial charge in [-0.25, -0.2) is 4.99 Å². The van der Waals surface area contributed by atoms with Gasteiger partial charge in [-0.15, -0.1) is 0 Å². The number of hydrogen-bond donors (Lipinski definition) is 1. The second kappa shape index (κ2) is 8.00. The molecule has 150 valence electrons. The molecule has 0 atom stereocenters. The number of benzene rings is 2. The van der Waals surface area contributed by atoms with Gasteiger partial charge in [0.05, 0.1) is 22.4 Å². The van der Waals surface area contributed by atoms with Crippen LogP contribution in [0.25, 0.3) is 17.0 Å². The van der Waals surface area contributed by atoms with E-state index in [-0.39, 0.29) is 22.4 Å². The van der Waals surface area contributed by atoms with Crippen LogP contribution in [0.4, 0.5) is 5.69 Å². The molecule has 0 unspecified atom stereocenters. The van der Waals surface area contributed by atoms with Crippen LogP contribution in [-0.2, 0) is 9.59 Å².